The Labute approximate surface area is 252 Å². The van der Waals surface area contributed by atoms with E-state index in [1.807, 2.05) is 47.4 Å². The standard InChI is InChI=1S/C33H42N6O4/c1-42-20-15-29-36-31-32(27-8-3-4-9-28(27)35-33(31)34)39(29)18-6-17-38(21-25-12-10-24(11-13-25)14-19-40)30(41)22-37-16-5-7-26(37)23-43-2/h3-4,8-13,19,26H,5-7,14-18,20-23H2,1-2H3,(H2,34,35). The average Bonchev–Trinajstić information content (AvgIpc) is 3.61. The number of ether oxygens (including phenoxy) is 2. The average molecular weight is 587 g/mol. The van der Waals surface area contributed by atoms with Crippen molar-refractivity contribution in [1.82, 2.24) is 24.3 Å². The summed E-state index contributed by atoms with van der Waals surface area (Å²) in [6.07, 6.45) is 4.79. The van der Waals surface area contributed by atoms with Crippen molar-refractivity contribution >= 4 is 39.9 Å². The number of nitrogens with two attached hydrogens (primary N) is 1. The summed E-state index contributed by atoms with van der Waals surface area (Å²) >= 11 is 0. The number of anilines is 1. The molecule has 0 bridgehead atoms. The van der Waals surface area contributed by atoms with E-state index in [0.717, 1.165) is 65.5 Å². The molecule has 2 aromatic heterocycles. The highest BCUT2D eigenvalue weighted by Crippen LogP contribution is 2.29. The second-order valence-electron chi connectivity index (χ2n) is 11.2. The zero-order chi connectivity index (χ0) is 30.2. The fourth-order valence-electron chi connectivity index (χ4n) is 6.10. The fourth-order valence-corrected chi connectivity index (χ4v) is 6.10. The van der Waals surface area contributed by atoms with Crippen LogP contribution >= 0.6 is 0 Å². The van der Waals surface area contributed by atoms with Crippen molar-refractivity contribution < 1.29 is 19.1 Å². The van der Waals surface area contributed by atoms with E-state index in [1.54, 1.807) is 14.2 Å². The molecule has 1 atom stereocenters. The van der Waals surface area contributed by atoms with Gasteiger partial charge >= 0.3 is 0 Å². The minimum absolute atomic E-state index is 0.106. The van der Waals surface area contributed by atoms with E-state index < -0.39 is 0 Å². The van der Waals surface area contributed by atoms with Crippen LogP contribution in [0.4, 0.5) is 5.82 Å². The molecule has 0 radical (unpaired) electrons. The third kappa shape index (κ3) is 7.21. The van der Waals surface area contributed by atoms with Crippen LogP contribution in [-0.2, 0) is 45.0 Å². The Morgan fingerprint density at radius 3 is 2.65 bits per heavy atom. The number of imidazole rings is 1. The van der Waals surface area contributed by atoms with E-state index >= 15 is 0 Å². The second-order valence-corrected chi connectivity index (χ2v) is 11.2. The van der Waals surface area contributed by atoms with Gasteiger partial charge < -0.3 is 29.5 Å². The van der Waals surface area contributed by atoms with E-state index in [1.165, 1.54) is 0 Å². The van der Waals surface area contributed by atoms with E-state index in [0.29, 0.717) is 63.6 Å². The molecule has 0 saturated carbocycles. The molecule has 2 N–H and O–H groups in total. The van der Waals surface area contributed by atoms with Crippen LogP contribution in [0.25, 0.3) is 21.9 Å². The number of rotatable bonds is 15. The molecule has 1 aliphatic heterocycles. The van der Waals surface area contributed by atoms with Crippen LogP contribution in [0.3, 0.4) is 0 Å². The Balaban J connectivity index is 1.39. The molecule has 1 aliphatic rings. The lowest BCUT2D eigenvalue weighted by Crippen LogP contribution is -2.43. The molecular weight excluding hydrogens is 544 g/mol. The van der Waals surface area contributed by atoms with Crippen LogP contribution in [0.1, 0.15) is 36.2 Å². The zero-order valence-electron chi connectivity index (χ0n) is 25.2. The number of carbonyl (C=O) groups is 2. The van der Waals surface area contributed by atoms with Crippen LogP contribution in [0.5, 0.6) is 0 Å². The Hall–Kier alpha value is -3.86. The Morgan fingerprint density at radius 2 is 1.88 bits per heavy atom. The number of aromatic nitrogens is 3. The van der Waals surface area contributed by atoms with E-state index in [4.69, 9.17) is 20.2 Å². The van der Waals surface area contributed by atoms with Gasteiger partial charge in [0.1, 0.15) is 17.6 Å². The summed E-state index contributed by atoms with van der Waals surface area (Å²) < 4.78 is 13.0. The van der Waals surface area contributed by atoms with Gasteiger partial charge in [-0.1, -0.05) is 42.5 Å². The smallest absolute Gasteiger partial charge is 0.237 e. The zero-order valence-corrected chi connectivity index (χ0v) is 25.2. The molecule has 1 saturated heterocycles. The maximum atomic E-state index is 13.8. The highest BCUT2D eigenvalue weighted by atomic mass is 16.5. The molecule has 1 unspecified atom stereocenters. The Morgan fingerprint density at radius 1 is 1.09 bits per heavy atom. The lowest BCUT2D eigenvalue weighted by Gasteiger charge is -2.28. The molecule has 228 valence electrons. The highest BCUT2D eigenvalue weighted by Gasteiger charge is 2.28. The van der Waals surface area contributed by atoms with Crippen LogP contribution in [-0.4, -0.2) is 89.6 Å². The molecule has 5 rings (SSSR count). The van der Waals surface area contributed by atoms with Gasteiger partial charge in [0.05, 0.1) is 30.8 Å². The topological polar surface area (TPSA) is 116 Å². The predicted octanol–water partition coefficient (Wildman–Crippen LogP) is 3.63. The maximum Gasteiger partial charge on any atom is 0.237 e. The van der Waals surface area contributed by atoms with E-state index in [-0.39, 0.29) is 11.9 Å². The number of amides is 1. The highest BCUT2D eigenvalue weighted by molar-refractivity contribution is 6.06. The first-order valence-corrected chi connectivity index (χ1v) is 15.1. The molecule has 0 spiro atoms. The summed E-state index contributed by atoms with van der Waals surface area (Å²) in [5, 5.41) is 1.00. The van der Waals surface area contributed by atoms with E-state index in [9.17, 15) is 9.59 Å². The number of nitrogen functional groups attached to an aromatic ring is 1. The number of benzene rings is 2. The summed E-state index contributed by atoms with van der Waals surface area (Å²) in [5.74, 6) is 1.41. The molecular formula is C33H42N6O4. The van der Waals surface area contributed by atoms with Crippen molar-refractivity contribution in [1.29, 1.82) is 0 Å². The number of aldehydes is 1. The van der Waals surface area contributed by atoms with Gasteiger partial charge in [0.25, 0.3) is 0 Å². The van der Waals surface area contributed by atoms with E-state index in [2.05, 4.69) is 20.5 Å². The number of aryl methyl sites for hydroxylation is 1. The first kappa shape index (κ1) is 30.6. The van der Waals surface area contributed by atoms with Crippen molar-refractivity contribution in [3.05, 3.63) is 65.5 Å². The lowest BCUT2D eigenvalue weighted by molar-refractivity contribution is -0.133. The lowest BCUT2D eigenvalue weighted by atomic mass is 10.1. The number of para-hydroxylation sites is 1. The predicted molar refractivity (Wildman–Crippen MR) is 168 cm³/mol. The number of fused-ring (bicyclic) bond motifs is 3. The SMILES string of the molecule is COCCc1nc2c(N)nc3ccccc3c2n1CCCN(Cc1ccc(CC=O)cc1)C(=O)CN1CCCC1COC. The van der Waals surface area contributed by atoms with Crippen molar-refractivity contribution in [2.45, 2.75) is 51.2 Å². The quantitative estimate of drug-likeness (QED) is 0.210. The molecule has 43 heavy (non-hydrogen) atoms. The largest absolute Gasteiger partial charge is 0.384 e. The molecule has 2 aromatic carbocycles. The molecule has 10 heteroatoms. The van der Waals surface area contributed by atoms with Gasteiger partial charge in [0, 0.05) is 58.1 Å². The molecule has 3 heterocycles. The number of methoxy groups -OCH3 is 2. The van der Waals surface area contributed by atoms with Gasteiger partial charge in [-0.15, -0.1) is 0 Å². The summed E-state index contributed by atoms with van der Waals surface area (Å²) in [7, 11) is 3.40. The van der Waals surface area contributed by atoms with Crippen molar-refractivity contribution in [3.8, 4) is 0 Å². The summed E-state index contributed by atoms with van der Waals surface area (Å²) in [4.78, 5) is 38.4. The van der Waals surface area contributed by atoms with Crippen molar-refractivity contribution in [2.75, 3.05) is 52.8 Å². The summed E-state index contributed by atoms with van der Waals surface area (Å²) in [6.45, 7) is 4.20. The molecule has 1 amide bonds. The van der Waals surface area contributed by atoms with Crippen molar-refractivity contribution in [3.63, 3.8) is 0 Å². The van der Waals surface area contributed by atoms with Gasteiger partial charge in [0.2, 0.25) is 5.91 Å². The number of carbonyl (C=O) groups excluding carboxylic acids is 2. The minimum atomic E-state index is 0.106. The number of likely N-dealkylation sites (tertiary alicyclic amines) is 1. The normalized spacial score (nSPS) is 15.4. The van der Waals surface area contributed by atoms with Gasteiger partial charge in [0.15, 0.2) is 5.82 Å². The third-order valence-corrected chi connectivity index (χ3v) is 8.29. The fraction of sp³-hybridized carbons (Fsp3) is 0.455. The summed E-state index contributed by atoms with van der Waals surface area (Å²) in [6, 6.07) is 16.2. The molecule has 1 fully saturated rings. The number of pyridine rings is 1. The Kier molecular flexibility index (Phi) is 10.3. The number of nitrogens with zero attached hydrogens (tertiary/aromatic N) is 5. The van der Waals surface area contributed by atoms with Crippen molar-refractivity contribution in [2.24, 2.45) is 0 Å². The summed E-state index contributed by atoms with van der Waals surface area (Å²) in [5.41, 5.74) is 10.9. The Bertz CT molecular complexity index is 1540. The monoisotopic (exact) mass is 586 g/mol. The van der Waals surface area contributed by atoms with Gasteiger partial charge in [-0.2, -0.15) is 0 Å². The number of hydrogen-bond donors (Lipinski definition) is 1. The van der Waals surface area contributed by atoms with Gasteiger partial charge in [-0.3, -0.25) is 9.69 Å². The molecule has 0 aliphatic carbocycles. The van der Waals surface area contributed by atoms with Crippen LogP contribution in [0.15, 0.2) is 48.5 Å². The first-order chi connectivity index (χ1) is 21.0. The maximum absolute atomic E-state index is 13.8. The first-order valence-electron chi connectivity index (χ1n) is 15.1. The number of hydrogen-bond acceptors (Lipinski definition) is 8. The molecule has 4 aromatic rings. The van der Waals surface area contributed by atoms with Gasteiger partial charge in [-0.25, -0.2) is 9.97 Å². The molecule has 10 nitrogen and oxygen atoms in total. The van der Waals surface area contributed by atoms with Crippen LogP contribution in [0.2, 0.25) is 0 Å². The van der Waals surface area contributed by atoms with Crippen LogP contribution < -0.4 is 5.73 Å². The minimum Gasteiger partial charge on any atom is -0.384 e. The van der Waals surface area contributed by atoms with Crippen LogP contribution in [0, 0.1) is 0 Å². The third-order valence-electron chi connectivity index (χ3n) is 8.29. The second kappa shape index (κ2) is 14.5. The van der Waals surface area contributed by atoms with Gasteiger partial charge in [-0.05, 0) is 43.0 Å².